The largest absolute Gasteiger partial charge is 0.342 e. The van der Waals surface area contributed by atoms with E-state index in [0.717, 1.165) is 26.2 Å². The number of amides is 1. The molecule has 0 aromatic carbocycles. The molecular formula is C11H20N2O. The first-order valence-electron chi connectivity index (χ1n) is 5.48. The van der Waals surface area contributed by atoms with E-state index in [2.05, 4.69) is 10.2 Å². The maximum atomic E-state index is 12.0. The molecule has 2 rings (SSSR count). The molecule has 3 nitrogen and oxygen atoms in total. The fraction of sp³-hybridized carbons (Fsp3) is 0.909. The van der Waals surface area contributed by atoms with Gasteiger partial charge in [0.2, 0.25) is 5.91 Å². The molecule has 2 fully saturated rings. The van der Waals surface area contributed by atoms with Gasteiger partial charge in [0.25, 0.3) is 0 Å². The van der Waals surface area contributed by atoms with Crippen LogP contribution < -0.4 is 5.32 Å². The van der Waals surface area contributed by atoms with E-state index in [1.807, 2.05) is 20.8 Å². The van der Waals surface area contributed by atoms with Crippen LogP contribution >= 0.6 is 0 Å². The van der Waals surface area contributed by atoms with Crippen LogP contribution in [0.4, 0.5) is 0 Å². The summed E-state index contributed by atoms with van der Waals surface area (Å²) in [7, 11) is 0. The van der Waals surface area contributed by atoms with E-state index in [-0.39, 0.29) is 5.41 Å². The first kappa shape index (κ1) is 9.97. The van der Waals surface area contributed by atoms with Gasteiger partial charge >= 0.3 is 0 Å². The Morgan fingerprint density at radius 2 is 1.71 bits per heavy atom. The summed E-state index contributed by atoms with van der Waals surface area (Å²) >= 11 is 0. The van der Waals surface area contributed by atoms with Gasteiger partial charge in [-0.05, 0) is 11.8 Å². The van der Waals surface area contributed by atoms with Gasteiger partial charge in [0.15, 0.2) is 0 Å². The molecule has 2 saturated heterocycles. The van der Waals surface area contributed by atoms with Crippen LogP contribution in [-0.2, 0) is 4.79 Å². The molecule has 0 radical (unpaired) electrons. The van der Waals surface area contributed by atoms with Gasteiger partial charge in [-0.15, -0.1) is 0 Å². The van der Waals surface area contributed by atoms with E-state index in [9.17, 15) is 4.79 Å². The Morgan fingerprint density at radius 3 is 2.14 bits per heavy atom. The van der Waals surface area contributed by atoms with Gasteiger partial charge in [0.1, 0.15) is 0 Å². The Hall–Kier alpha value is -0.570. The molecule has 1 N–H and O–H groups in total. The number of rotatable bonds is 0. The molecule has 3 heteroatoms. The first-order valence-corrected chi connectivity index (χ1v) is 5.48. The van der Waals surface area contributed by atoms with Crippen LogP contribution in [-0.4, -0.2) is 37.0 Å². The van der Waals surface area contributed by atoms with Crippen molar-refractivity contribution in [2.45, 2.75) is 20.8 Å². The van der Waals surface area contributed by atoms with Crippen molar-refractivity contribution >= 4 is 5.91 Å². The molecule has 0 aliphatic carbocycles. The maximum absolute atomic E-state index is 12.0. The molecule has 0 aromatic rings. The zero-order chi connectivity index (χ0) is 10.3. The van der Waals surface area contributed by atoms with Gasteiger partial charge in [-0.1, -0.05) is 20.8 Å². The van der Waals surface area contributed by atoms with Crippen LogP contribution in [0.15, 0.2) is 0 Å². The Morgan fingerprint density at radius 1 is 1.21 bits per heavy atom. The van der Waals surface area contributed by atoms with Crippen LogP contribution in [0.5, 0.6) is 0 Å². The molecule has 2 unspecified atom stereocenters. The lowest BCUT2D eigenvalue weighted by atomic mass is 9.95. The second-order valence-electron chi connectivity index (χ2n) is 5.64. The highest BCUT2D eigenvalue weighted by Gasteiger charge is 2.40. The SMILES string of the molecule is CC(C)(C)C(=O)N1CC2CNCC2C1. The van der Waals surface area contributed by atoms with Crippen LogP contribution in [0.3, 0.4) is 0 Å². The number of carbonyl (C=O) groups is 1. The van der Waals surface area contributed by atoms with Gasteiger partial charge in [0, 0.05) is 31.6 Å². The maximum Gasteiger partial charge on any atom is 0.227 e. The predicted octanol–water partition coefficient (Wildman–Crippen LogP) is 0.710. The number of hydrogen-bond acceptors (Lipinski definition) is 2. The molecule has 0 aromatic heterocycles. The summed E-state index contributed by atoms with van der Waals surface area (Å²) in [6.45, 7) is 10.1. The zero-order valence-corrected chi connectivity index (χ0v) is 9.34. The normalized spacial score (nSPS) is 32.1. The minimum Gasteiger partial charge on any atom is -0.342 e. The third-order valence-corrected chi connectivity index (χ3v) is 3.32. The van der Waals surface area contributed by atoms with Gasteiger partial charge < -0.3 is 10.2 Å². The summed E-state index contributed by atoms with van der Waals surface area (Å²) < 4.78 is 0. The van der Waals surface area contributed by atoms with E-state index in [4.69, 9.17) is 0 Å². The van der Waals surface area contributed by atoms with Crippen molar-refractivity contribution in [2.75, 3.05) is 26.2 Å². The highest BCUT2D eigenvalue weighted by atomic mass is 16.2. The summed E-state index contributed by atoms with van der Waals surface area (Å²) in [5.74, 6) is 1.73. The number of carbonyl (C=O) groups excluding carboxylic acids is 1. The Kier molecular flexibility index (Phi) is 2.30. The Bertz CT molecular complexity index is 232. The molecule has 2 aliphatic heterocycles. The van der Waals surface area contributed by atoms with Crippen molar-refractivity contribution in [3.05, 3.63) is 0 Å². The fourth-order valence-corrected chi connectivity index (χ4v) is 2.50. The highest BCUT2D eigenvalue weighted by molar-refractivity contribution is 5.81. The minimum atomic E-state index is -0.216. The van der Waals surface area contributed by atoms with Crippen molar-refractivity contribution < 1.29 is 4.79 Å². The summed E-state index contributed by atoms with van der Waals surface area (Å²) in [5, 5.41) is 3.38. The average Bonchev–Trinajstić information content (AvgIpc) is 2.58. The Balaban J connectivity index is 1.99. The lowest BCUT2D eigenvalue weighted by Crippen LogP contribution is -2.39. The second-order valence-corrected chi connectivity index (χ2v) is 5.64. The van der Waals surface area contributed by atoms with Crippen molar-refractivity contribution in [3.8, 4) is 0 Å². The molecule has 0 bridgehead atoms. The standard InChI is InChI=1S/C11H20N2O/c1-11(2,3)10(14)13-6-8-4-12-5-9(8)7-13/h8-9,12H,4-7H2,1-3H3. The van der Waals surface area contributed by atoms with E-state index in [1.54, 1.807) is 0 Å². The van der Waals surface area contributed by atoms with Crippen molar-refractivity contribution in [2.24, 2.45) is 17.3 Å². The average molecular weight is 196 g/mol. The lowest BCUT2D eigenvalue weighted by Gasteiger charge is -2.26. The van der Waals surface area contributed by atoms with Gasteiger partial charge in [0.05, 0.1) is 0 Å². The van der Waals surface area contributed by atoms with E-state index in [0.29, 0.717) is 17.7 Å². The van der Waals surface area contributed by atoms with Gasteiger partial charge in [-0.3, -0.25) is 4.79 Å². The molecule has 0 spiro atoms. The molecule has 2 aliphatic rings. The third kappa shape index (κ3) is 1.65. The number of nitrogens with zero attached hydrogens (tertiary/aromatic N) is 1. The molecular weight excluding hydrogens is 176 g/mol. The molecule has 2 atom stereocenters. The summed E-state index contributed by atoms with van der Waals surface area (Å²) in [6.07, 6.45) is 0. The van der Waals surface area contributed by atoms with E-state index < -0.39 is 0 Å². The summed E-state index contributed by atoms with van der Waals surface area (Å²) in [4.78, 5) is 14.1. The fourth-order valence-electron chi connectivity index (χ4n) is 2.50. The number of fused-ring (bicyclic) bond motifs is 1. The summed E-state index contributed by atoms with van der Waals surface area (Å²) in [6, 6.07) is 0. The van der Waals surface area contributed by atoms with Crippen LogP contribution in [0.1, 0.15) is 20.8 Å². The monoisotopic (exact) mass is 196 g/mol. The number of likely N-dealkylation sites (tertiary alicyclic amines) is 1. The smallest absolute Gasteiger partial charge is 0.227 e. The second kappa shape index (κ2) is 3.23. The minimum absolute atomic E-state index is 0.216. The third-order valence-electron chi connectivity index (χ3n) is 3.32. The summed E-state index contributed by atoms with van der Waals surface area (Å²) in [5.41, 5.74) is -0.216. The quantitative estimate of drug-likeness (QED) is 0.619. The zero-order valence-electron chi connectivity index (χ0n) is 9.34. The number of hydrogen-bond donors (Lipinski definition) is 1. The van der Waals surface area contributed by atoms with Crippen LogP contribution in [0.25, 0.3) is 0 Å². The van der Waals surface area contributed by atoms with E-state index >= 15 is 0 Å². The predicted molar refractivity (Wildman–Crippen MR) is 55.9 cm³/mol. The molecule has 14 heavy (non-hydrogen) atoms. The van der Waals surface area contributed by atoms with Gasteiger partial charge in [-0.25, -0.2) is 0 Å². The molecule has 80 valence electrons. The highest BCUT2D eigenvalue weighted by Crippen LogP contribution is 2.29. The molecule has 0 saturated carbocycles. The van der Waals surface area contributed by atoms with E-state index in [1.165, 1.54) is 0 Å². The molecule has 2 heterocycles. The Labute approximate surface area is 85.8 Å². The molecule has 1 amide bonds. The lowest BCUT2D eigenvalue weighted by molar-refractivity contribution is -0.138. The topological polar surface area (TPSA) is 32.3 Å². The van der Waals surface area contributed by atoms with Crippen molar-refractivity contribution in [1.29, 1.82) is 0 Å². The van der Waals surface area contributed by atoms with Crippen molar-refractivity contribution in [1.82, 2.24) is 10.2 Å². The number of nitrogens with one attached hydrogen (secondary N) is 1. The first-order chi connectivity index (χ1) is 6.48. The van der Waals surface area contributed by atoms with Crippen LogP contribution in [0, 0.1) is 17.3 Å². The van der Waals surface area contributed by atoms with Gasteiger partial charge in [-0.2, -0.15) is 0 Å². The van der Waals surface area contributed by atoms with Crippen LogP contribution in [0.2, 0.25) is 0 Å². The van der Waals surface area contributed by atoms with Crippen molar-refractivity contribution in [3.63, 3.8) is 0 Å².